The predicted molar refractivity (Wildman–Crippen MR) is 73.3 cm³/mol. The van der Waals surface area contributed by atoms with Gasteiger partial charge in [0.1, 0.15) is 6.10 Å². The van der Waals surface area contributed by atoms with Gasteiger partial charge in [-0.05, 0) is 28.2 Å². The fraction of sp³-hybridized carbons (Fsp3) is 0.769. The molecule has 18 heavy (non-hydrogen) atoms. The number of ether oxygens (including phenoxy) is 1. The molecule has 1 atom stereocenters. The first kappa shape index (κ1) is 16.9. The summed E-state index contributed by atoms with van der Waals surface area (Å²) in [7, 11) is 9.26. The van der Waals surface area contributed by atoms with Crippen molar-refractivity contribution < 1.29 is 9.53 Å². The highest BCUT2D eigenvalue weighted by Gasteiger charge is 2.30. The Bertz CT molecular complexity index is 294. The minimum Gasteiger partial charge on any atom is -0.372 e. The smallest absolute Gasteiger partial charge is 0.252 e. The van der Waals surface area contributed by atoms with Crippen molar-refractivity contribution in [3.8, 4) is 11.8 Å². The second kappa shape index (κ2) is 9.89. The number of hydrogen-bond acceptors (Lipinski definition) is 4. The summed E-state index contributed by atoms with van der Waals surface area (Å²) in [5, 5.41) is 2.75. The molecule has 0 aromatic carbocycles. The van der Waals surface area contributed by atoms with Gasteiger partial charge in [0.25, 0.3) is 5.91 Å². The lowest BCUT2D eigenvalue weighted by Crippen LogP contribution is -2.30. The van der Waals surface area contributed by atoms with Gasteiger partial charge in [-0.15, -0.1) is 0 Å². The van der Waals surface area contributed by atoms with Crippen LogP contribution in [-0.2, 0) is 9.53 Å². The Kier molecular flexibility index (Phi) is 9.29. The van der Waals surface area contributed by atoms with Crippen molar-refractivity contribution >= 4 is 5.91 Å². The lowest BCUT2D eigenvalue weighted by molar-refractivity contribution is -0.135. The molecule has 1 aliphatic heterocycles. The Labute approximate surface area is 110 Å². The van der Waals surface area contributed by atoms with Crippen molar-refractivity contribution in [3.63, 3.8) is 0 Å². The van der Waals surface area contributed by atoms with E-state index >= 15 is 0 Å². The molecule has 0 spiro atoms. The molecule has 0 unspecified atom stereocenters. The molecule has 1 heterocycles. The summed E-state index contributed by atoms with van der Waals surface area (Å²) in [4.78, 5) is 15.3. The normalized spacial score (nSPS) is 18.2. The van der Waals surface area contributed by atoms with Crippen molar-refractivity contribution in [2.75, 3.05) is 54.9 Å². The zero-order valence-electron chi connectivity index (χ0n) is 12.1. The van der Waals surface area contributed by atoms with Crippen LogP contribution in [0.5, 0.6) is 0 Å². The van der Waals surface area contributed by atoms with Gasteiger partial charge in [-0.3, -0.25) is 9.69 Å². The average molecular weight is 255 g/mol. The molecule has 1 amide bonds. The van der Waals surface area contributed by atoms with E-state index in [1.165, 1.54) is 0 Å². The molecule has 0 bridgehead atoms. The molecule has 1 fully saturated rings. The van der Waals surface area contributed by atoms with Crippen LogP contribution in [0, 0.1) is 11.8 Å². The predicted octanol–water partition coefficient (Wildman–Crippen LogP) is -0.366. The van der Waals surface area contributed by atoms with Crippen LogP contribution in [0.4, 0.5) is 0 Å². The fourth-order valence-electron chi connectivity index (χ4n) is 1.45. The summed E-state index contributed by atoms with van der Waals surface area (Å²) in [6, 6.07) is 0. The third kappa shape index (κ3) is 6.60. The summed E-state index contributed by atoms with van der Waals surface area (Å²) in [5.41, 5.74) is 0. The number of methoxy groups -OCH3 is 1. The standard InChI is InChI=1S/C11H18N2O2.C2H7N/c1-12(2)7-4-5-8-13-9-6-10(15-3)11(13)14;1-3-2/h10H,6-9H2,1-3H3;3H,1-2H3/t10-;/m0./s1. The van der Waals surface area contributed by atoms with Crippen LogP contribution in [0.15, 0.2) is 0 Å². The number of rotatable bonds is 3. The van der Waals surface area contributed by atoms with Gasteiger partial charge >= 0.3 is 0 Å². The van der Waals surface area contributed by atoms with Crippen LogP contribution in [0.1, 0.15) is 6.42 Å². The van der Waals surface area contributed by atoms with Gasteiger partial charge in [-0.25, -0.2) is 0 Å². The Morgan fingerprint density at radius 3 is 2.50 bits per heavy atom. The minimum absolute atomic E-state index is 0.0663. The maximum absolute atomic E-state index is 11.6. The average Bonchev–Trinajstić information content (AvgIpc) is 2.66. The summed E-state index contributed by atoms with van der Waals surface area (Å²) >= 11 is 0. The summed E-state index contributed by atoms with van der Waals surface area (Å²) < 4.78 is 5.05. The van der Waals surface area contributed by atoms with Crippen LogP contribution in [0.25, 0.3) is 0 Å². The zero-order valence-corrected chi connectivity index (χ0v) is 12.1. The Hall–Kier alpha value is -1.09. The highest BCUT2D eigenvalue weighted by Crippen LogP contribution is 2.12. The summed E-state index contributed by atoms with van der Waals surface area (Å²) in [6.45, 7) is 2.01. The van der Waals surface area contributed by atoms with Gasteiger partial charge in [0.05, 0.1) is 13.1 Å². The molecule has 0 radical (unpaired) electrons. The number of likely N-dealkylation sites (tertiary alicyclic amines) is 1. The van der Waals surface area contributed by atoms with Gasteiger partial charge in [0, 0.05) is 20.1 Å². The third-order valence-corrected chi connectivity index (χ3v) is 2.32. The molecule has 0 aromatic rings. The summed E-state index contributed by atoms with van der Waals surface area (Å²) in [6.07, 6.45) is 0.533. The molecule has 0 saturated carbocycles. The van der Waals surface area contributed by atoms with Gasteiger partial charge in [0.2, 0.25) is 0 Å². The molecule has 0 aromatic heterocycles. The van der Waals surface area contributed by atoms with E-state index in [9.17, 15) is 4.79 Å². The number of carbonyl (C=O) groups is 1. The van der Waals surface area contributed by atoms with E-state index in [1.54, 1.807) is 12.0 Å². The second-order valence-corrected chi connectivity index (χ2v) is 4.36. The molecule has 1 aliphatic rings. The summed E-state index contributed by atoms with van der Waals surface area (Å²) in [5.74, 6) is 6.06. The molecular formula is C13H25N3O2. The van der Waals surface area contributed by atoms with Crippen LogP contribution in [-0.4, -0.2) is 76.7 Å². The molecule has 104 valence electrons. The van der Waals surface area contributed by atoms with Gasteiger partial charge in [0.15, 0.2) is 0 Å². The van der Waals surface area contributed by atoms with Crippen molar-refractivity contribution in [2.45, 2.75) is 12.5 Å². The van der Waals surface area contributed by atoms with Crippen LogP contribution in [0.3, 0.4) is 0 Å². The Morgan fingerprint density at radius 2 is 2.06 bits per heavy atom. The van der Waals surface area contributed by atoms with Gasteiger partial charge in [-0.1, -0.05) is 11.8 Å². The molecule has 5 heteroatoms. The molecule has 0 aliphatic carbocycles. The molecule has 1 N–H and O–H groups in total. The molecule has 1 rings (SSSR count). The highest BCUT2D eigenvalue weighted by atomic mass is 16.5. The van der Waals surface area contributed by atoms with E-state index in [4.69, 9.17) is 4.74 Å². The quantitative estimate of drug-likeness (QED) is 0.699. The van der Waals surface area contributed by atoms with Crippen LogP contribution in [0.2, 0.25) is 0 Å². The molecule has 1 saturated heterocycles. The number of carbonyl (C=O) groups excluding carboxylic acids is 1. The van der Waals surface area contributed by atoms with E-state index in [0.717, 1.165) is 19.5 Å². The van der Waals surface area contributed by atoms with Gasteiger partial charge < -0.3 is 15.0 Å². The van der Waals surface area contributed by atoms with E-state index in [2.05, 4.69) is 17.2 Å². The lowest BCUT2D eigenvalue weighted by atomic mass is 10.3. The van der Waals surface area contributed by atoms with E-state index in [1.807, 2.05) is 33.1 Å². The first-order valence-electron chi connectivity index (χ1n) is 6.07. The monoisotopic (exact) mass is 255 g/mol. The number of amides is 1. The SMILES string of the molecule is CNC.CO[C@H]1CCN(CC#CCN(C)C)C1=O. The maximum atomic E-state index is 11.6. The highest BCUT2D eigenvalue weighted by molar-refractivity contribution is 5.83. The van der Waals surface area contributed by atoms with E-state index < -0.39 is 0 Å². The fourth-order valence-corrected chi connectivity index (χ4v) is 1.45. The van der Waals surface area contributed by atoms with Crippen LogP contribution < -0.4 is 5.32 Å². The van der Waals surface area contributed by atoms with Crippen LogP contribution >= 0.6 is 0 Å². The van der Waals surface area contributed by atoms with E-state index in [-0.39, 0.29) is 12.0 Å². The molecule has 5 nitrogen and oxygen atoms in total. The second-order valence-electron chi connectivity index (χ2n) is 4.36. The number of nitrogens with one attached hydrogen (secondary N) is 1. The number of hydrogen-bond donors (Lipinski definition) is 1. The zero-order chi connectivity index (χ0) is 14.0. The third-order valence-electron chi connectivity index (χ3n) is 2.32. The van der Waals surface area contributed by atoms with Gasteiger partial charge in [-0.2, -0.15) is 0 Å². The maximum Gasteiger partial charge on any atom is 0.252 e. The van der Waals surface area contributed by atoms with Crippen molar-refractivity contribution in [3.05, 3.63) is 0 Å². The first-order chi connectivity index (χ1) is 8.56. The lowest BCUT2D eigenvalue weighted by Gasteiger charge is -2.12. The molecular weight excluding hydrogens is 230 g/mol. The topological polar surface area (TPSA) is 44.8 Å². The van der Waals surface area contributed by atoms with E-state index in [0.29, 0.717) is 6.54 Å². The van der Waals surface area contributed by atoms with Crippen molar-refractivity contribution in [2.24, 2.45) is 0 Å². The number of nitrogens with zero attached hydrogens (tertiary/aromatic N) is 2. The Morgan fingerprint density at radius 1 is 1.44 bits per heavy atom. The van der Waals surface area contributed by atoms with Crippen molar-refractivity contribution in [1.29, 1.82) is 0 Å². The largest absolute Gasteiger partial charge is 0.372 e. The first-order valence-corrected chi connectivity index (χ1v) is 6.07. The minimum atomic E-state index is -0.249. The van der Waals surface area contributed by atoms with Crippen molar-refractivity contribution in [1.82, 2.24) is 15.1 Å². The Balaban J connectivity index is 0.000000873.